The molecule has 0 unspecified atom stereocenters. The van der Waals surface area contributed by atoms with Crippen LogP contribution in [0.5, 0.6) is 11.5 Å². The standard InChI is InChI=1S/C26H24N2O4/c1-16-5-14-22(17(2)15-16)27-24-23(18-6-10-20(31-3)11-7-18)25(29)28(26(24)30)19-8-12-21(32-4)13-9-19/h5-15,27H,1-4H3. The largest absolute Gasteiger partial charge is 0.497 e. The van der Waals surface area contributed by atoms with Crippen LogP contribution in [0.3, 0.4) is 0 Å². The highest BCUT2D eigenvalue weighted by molar-refractivity contribution is 6.46. The molecule has 162 valence electrons. The topological polar surface area (TPSA) is 67.9 Å². The number of nitrogens with zero attached hydrogens (tertiary/aromatic N) is 1. The van der Waals surface area contributed by atoms with Gasteiger partial charge in [0.05, 0.1) is 25.5 Å². The number of anilines is 2. The van der Waals surface area contributed by atoms with Gasteiger partial charge in [0, 0.05) is 5.69 Å². The highest BCUT2D eigenvalue weighted by Gasteiger charge is 2.40. The molecule has 1 N–H and O–H groups in total. The minimum Gasteiger partial charge on any atom is -0.497 e. The van der Waals surface area contributed by atoms with Crippen LogP contribution >= 0.6 is 0 Å². The fraction of sp³-hybridized carbons (Fsp3) is 0.154. The Bertz CT molecular complexity index is 1210. The summed E-state index contributed by atoms with van der Waals surface area (Å²) in [7, 11) is 3.15. The third-order valence-electron chi connectivity index (χ3n) is 5.43. The quantitative estimate of drug-likeness (QED) is 0.576. The number of carbonyl (C=O) groups excluding carboxylic acids is 2. The summed E-state index contributed by atoms with van der Waals surface area (Å²) in [5.41, 5.74) is 4.53. The van der Waals surface area contributed by atoms with E-state index in [-0.39, 0.29) is 5.70 Å². The Morgan fingerprint density at radius 1 is 0.750 bits per heavy atom. The average Bonchev–Trinajstić information content (AvgIpc) is 3.05. The van der Waals surface area contributed by atoms with Crippen LogP contribution in [-0.2, 0) is 9.59 Å². The van der Waals surface area contributed by atoms with Crippen LogP contribution in [0.4, 0.5) is 11.4 Å². The number of methoxy groups -OCH3 is 2. The first-order chi connectivity index (χ1) is 15.4. The van der Waals surface area contributed by atoms with Crippen molar-refractivity contribution in [2.24, 2.45) is 0 Å². The molecule has 4 rings (SSSR count). The predicted molar refractivity (Wildman–Crippen MR) is 125 cm³/mol. The Hall–Kier alpha value is -4.06. The van der Waals surface area contributed by atoms with E-state index in [1.54, 1.807) is 62.8 Å². The third-order valence-corrected chi connectivity index (χ3v) is 5.43. The molecule has 3 aromatic carbocycles. The number of carbonyl (C=O) groups is 2. The second kappa shape index (κ2) is 8.59. The number of nitrogens with one attached hydrogen (secondary N) is 1. The Kier molecular flexibility index (Phi) is 5.69. The van der Waals surface area contributed by atoms with Crippen LogP contribution < -0.4 is 19.7 Å². The van der Waals surface area contributed by atoms with Gasteiger partial charge in [0.1, 0.15) is 17.2 Å². The summed E-state index contributed by atoms with van der Waals surface area (Å²) in [6.45, 7) is 3.97. The van der Waals surface area contributed by atoms with Crippen LogP contribution in [0, 0.1) is 13.8 Å². The number of aryl methyl sites for hydroxylation is 2. The van der Waals surface area contributed by atoms with Gasteiger partial charge in [0.25, 0.3) is 11.8 Å². The molecule has 0 atom stereocenters. The Balaban J connectivity index is 1.80. The van der Waals surface area contributed by atoms with E-state index in [1.165, 1.54) is 4.90 Å². The molecular weight excluding hydrogens is 404 g/mol. The predicted octanol–water partition coefficient (Wildman–Crippen LogP) is 4.72. The minimum absolute atomic E-state index is 0.239. The molecule has 0 fully saturated rings. The molecule has 0 spiro atoms. The Morgan fingerprint density at radius 3 is 1.91 bits per heavy atom. The van der Waals surface area contributed by atoms with E-state index >= 15 is 0 Å². The van der Waals surface area contributed by atoms with Crippen LogP contribution in [0.1, 0.15) is 16.7 Å². The van der Waals surface area contributed by atoms with E-state index in [9.17, 15) is 9.59 Å². The zero-order chi connectivity index (χ0) is 22.8. The van der Waals surface area contributed by atoms with Gasteiger partial charge in [0.2, 0.25) is 0 Å². The summed E-state index contributed by atoms with van der Waals surface area (Å²) in [5.74, 6) is 0.510. The van der Waals surface area contributed by atoms with Gasteiger partial charge in [-0.15, -0.1) is 0 Å². The molecule has 0 saturated carbocycles. The van der Waals surface area contributed by atoms with Crippen LogP contribution in [0.2, 0.25) is 0 Å². The summed E-state index contributed by atoms with van der Waals surface area (Å²) >= 11 is 0. The Morgan fingerprint density at radius 2 is 1.34 bits per heavy atom. The highest BCUT2D eigenvalue weighted by atomic mass is 16.5. The normalized spacial score (nSPS) is 13.6. The van der Waals surface area contributed by atoms with Gasteiger partial charge < -0.3 is 14.8 Å². The lowest BCUT2D eigenvalue weighted by atomic mass is 10.0. The third kappa shape index (κ3) is 3.83. The highest BCUT2D eigenvalue weighted by Crippen LogP contribution is 2.35. The first-order valence-electron chi connectivity index (χ1n) is 10.2. The lowest BCUT2D eigenvalue weighted by Crippen LogP contribution is -2.32. The molecule has 1 aliphatic rings. The summed E-state index contributed by atoms with van der Waals surface area (Å²) in [6.07, 6.45) is 0. The van der Waals surface area contributed by atoms with E-state index in [4.69, 9.17) is 9.47 Å². The van der Waals surface area contributed by atoms with Crippen molar-refractivity contribution in [3.8, 4) is 11.5 Å². The summed E-state index contributed by atoms with van der Waals surface area (Å²) in [4.78, 5) is 28.2. The van der Waals surface area contributed by atoms with Crippen molar-refractivity contribution in [2.75, 3.05) is 24.4 Å². The monoisotopic (exact) mass is 428 g/mol. The fourth-order valence-corrected chi connectivity index (χ4v) is 3.73. The first-order valence-corrected chi connectivity index (χ1v) is 10.2. The molecule has 0 aliphatic carbocycles. The maximum Gasteiger partial charge on any atom is 0.282 e. The molecule has 2 amide bonds. The van der Waals surface area contributed by atoms with Crippen molar-refractivity contribution in [1.29, 1.82) is 0 Å². The van der Waals surface area contributed by atoms with Crippen molar-refractivity contribution < 1.29 is 19.1 Å². The van der Waals surface area contributed by atoms with E-state index in [1.807, 2.05) is 32.0 Å². The number of benzene rings is 3. The van der Waals surface area contributed by atoms with Crippen molar-refractivity contribution in [3.63, 3.8) is 0 Å². The maximum atomic E-state index is 13.5. The van der Waals surface area contributed by atoms with E-state index < -0.39 is 11.8 Å². The molecule has 6 heteroatoms. The lowest BCUT2D eigenvalue weighted by molar-refractivity contribution is -0.120. The SMILES string of the molecule is COc1ccc(C2=C(Nc3ccc(C)cc3C)C(=O)N(c3ccc(OC)cc3)C2=O)cc1. The molecule has 6 nitrogen and oxygen atoms in total. The number of hydrogen-bond donors (Lipinski definition) is 1. The second-order valence-corrected chi connectivity index (χ2v) is 7.57. The number of rotatable bonds is 6. The van der Waals surface area contributed by atoms with E-state index in [2.05, 4.69) is 5.32 Å². The van der Waals surface area contributed by atoms with Crippen LogP contribution in [-0.4, -0.2) is 26.0 Å². The smallest absolute Gasteiger partial charge is 0.282 e. The number of amides is 2. The molecule has 1 aliphatic heterocycles. The second-order valence-electron chi connectivity index (χ2n) is 7.57. The lowest BCUT2D eigenvalue weighted by Gasteiger charge is -2.16. The molecule has 0 saturated heterocycles. The van der Waals surface area contributed by atoms with E-state index in [0.717, 1.165) is 16.8 Å². The first kappa shape index (κ1) is 21.2. The van der Waals surface area contributed by atoms with Gasteiger partial charge in [-0.25, -0.2) is 4.90 Å². The molecule has 32 heavy (non-hydrogen) atoms. The van der Waals surface area contributed by atoms with Crippen molar-refractivity contribution in [2.45, 2.75) is 13.8 Å². The molecule has 0 radical (unpaired) electrons. The van der Waals surface area contributed by atoms with Crippen LogP contribution in [0.15, 0.2) is 72.4 Å². The van der Waals surface area contributed by atoms with Gasteiger partial charge in [0.15, 0.2) is 0 Å². The van der Waals surface area contributed by atoms with E-state index in [0.29, 0.717) is 28.3 Å². The van der Waals surface area contributed by atoms with Crippen molar-refractivity contribution in [1.82, 2.24) is 0 Å². The van der Waals surface area contributed by atoms with Gasteiger partial charge in [-0.1, -0.05) is 29.8 Å². The fourth-order valence-electron chi connectivity index (χ4n) is 3.73. The maximum absolute atomic E-state index is 13.5. The Labute approximate surface area is 187 Å². The molecule has 1 heterocycles. The number of ether oxygens (including phenoxy) is 2. The van der Waals surface area contributed by atoms with Gasteiger partial charge >= 0.3 is 0 Å². The summed E-state index contributed by atoms with van der Waals surface area (Å²) < 4.78 is 10.4. The summed E-state index contributed by atoms with van der Waals surface area (Å²) in [5, 5.41) is 3.23. The zero-order valence-corrected chi connectivity index (χ0v) is 18.4. The van der Waals surface area contributed by atoms with Gasteiger partial charge in [-0.2, -0.15) is 0 Å². The number of imide groups is 1. The average molecular weight is 428 g/mol. The zero-order valence-electron chi connectivity index (χ0n) is 18.4. The molecule has 3 aromatic rings. The number of hydrogen-bond acceptors (Lipinski definition) is 5. The molecular formula is C26H24N2O4. The summed E-state index contributed by atoms with van der Waals surface area (Å²) in [6, 6.07) is 19.8. The van der Waals surface area contributed by atoms with Crippen molar-refractivity contribution >= 4 is 28.8 Å². The van der Waals surface area contributed by atoms with Gasteiger partial charge in [-0.3, -0.25) is 9.59 Å². The minimum atomic E-state index is -0.411. The molecule has 0 aromatic heterocycles. The molecule has 0 bridgehead atoms. The van der Waals surface area contributed by atoms with Crippen LogP contribution in [0.25, 0.3) is 5.57 Å². The van der Waals surface area contributed by atoms with Gasteiger partial charge in [-0.05, 0) is 67.4 Å². The van der Waals surface area contributed by atoms with Crippen molar-refractivity contribution in [3.05, 3.63) is 89.1 Å².